The van der Waals surface area contributed by atoms with E-state index in [0.29, 0.717) is 10.4 Å². The molecule has 1 aromatic rings. The van der Waals surface area contributed by atoms with Crippen molar-refractivity contribution in [1.82, 2.24) is 0 Å². The van der Waals surface area contributed by atoms with Crippen molar-refractivity contribution in [1.29, 1.82) is 0 Å². The van der Waals surface area contributed by atoms with Gasteiger partial charge in [0.05, 0.1) is 5.56 Å². The molecule has 3 nitrogen and oxygen atoms in total. The van der Waals surface area contributed by atoms with E-state index < -0.39 is 5.97 Å². The van der Waals surface area contributed by atoms with Crippen LogP contribution < -0.4 is 4.90 Å². The highest BCUT2D eigenvalue weighted by molar-refractivity contribution is 6.31. The molecule has 3 rings (SSSR count). The van der Waals surface area contributed by atoms with E-state index >= 15 is 0 Å². The van der Waals surface area contributed by atoms with Crippen LogP contribution in [-0.4, -0.2) is 24.2 Å². The van der Waals surface area contributed by atoms with Gasteiger partial charge in [-0.15, -0.1) is 0 Å². The van der Waals surface area contributed by atoms with Crippen LogP contribution in [0.25, 0.3) is 0 Å². The molecule has 0 radical (unpaired) electrons. The monoisotopic (exact) mass is 265 g/mol. The van der Waals surface area contributed by atoms with Gasteiger partial charge in [-0.25, -0.2) is 4.79 Å². The smallest absolute Gasteiger partial charge is 0.335 e. The maximum atomic E-state index is 11.0. The number of aromatic carboxylic acids is 1. The molecule has 0 atom stereocenters. The van der Waals surface area contributed by atoms with E-state index in [0.717, 1.165) is 18.8 Å². The minimum Gasteiger partial charge on any atom is -0.478 e. The van der Waals surface area contributed by atoms with Crippen LogP contribution in [0.4, 0.5) is 5.69 Å². The van der Waals surface area contributed by atoms with E-state index in [1.54, 1.807) is 6.07 Å². The van der Waals surface area contributed by atoms with Crippen molar-refractivity contribution in [2.24, 2.45) is 5.41 Å². The van der Waals surface area contributed by atoms with Gasteiger partial charge in [-0.2, -0.15) is 0 Å². The second kappa shape index (κ2) is 4.16. The van der Waals surface area contributed by atoms with Gasteiger partial charge in [-0.1, -0.05) is 24.4 Å². The molecule has 1 saturated carbocycles. The fraction of sp³-hybridized carbons (Fsp3) is 0.500. The second-order valence-electron chi connectivity index (χ2n) is 5.57. The first kappa shape index (κ1) is 11.8. The highest BCUT2D eigenvalue weighted by Gasteiger charge is 2.44. The van der Waals surface area contributed by atoms with Gasteiger partial charge in [0.15, 0.2) is 0 Å². The Morgan fingerprint density at radius 1 is 1.22 bits per heavy atom. The Kier molecular flexibility index (Phi) is 2.74. The molecule has 2 aliphatic rings. The lowest BCUT2D eigenvalue weighted by atomic mass is 9.78. The molecule has 0 unspecified atom stereocenters. The maximum Gasteiger partial charge on any atom is 0.335 e. The third-order valence-electron chi connectivity index (χ3n) is 4.21. The first-order valence-corrected chi connectivity index (χ1v) is 6.75. The van der Waals surface area contributed by atoms with Crippen molar-refractivity contribution in [3.05, 3.63) is 28.8 Å². The number of carbonyl (C=O) groups is 1. The van der Waals surface area contributed by atoms with Crippen molar-refractivity contribution in [2.75, 3.05) is 18.0 Å². The average molecular weight is 266 g/mol. The predicted octanol–water partition coefficient (Wildman–Crippen LogP) is 3.42. The summed E-state index contributed by atoms with van der Waals surface area (Å²) in [6.45, 7) is 2.10. The fourth-order valence-electron chi connectivity index (χ4n) is 3.27. The summed E-state index contributed by atoms with van der Waals surface area (Å²) in [7, 11) is 0. The van der Waals surface area contributed by atoms with Crippen LogP contribution in [0.3, 0.4) is 0 Å². The van der Waals surface area contributed by atoms with Gasteiger partial charge in [0.2, 0.25) is 0 Å². The van der Waals surface area contributed by atoms with E-state index in [1.165, 1.54) is 31.7 Å². The second-order valence-corrected chi connectivity index (χ2v) is 6.00. The van der Waals surface area contributed by atoms with Crippen LogP contribution in [0.5, 0.6) is 0 Å². The number of hydrogen-bond acceptors (Lipinski definition) is 2. The Morgan fingerprint density at radius 2 is 1.89 bits per heavy atom. The Balaban J connectivity index is 1.79. The minimum atomic E-state index is -0.921. The van der Waals surface area contributed by atoms with Crippen molar-refractivity contribution in [3.8, 4) is 0 Å². The van der Waals surface area contributed by atoms with Gasteiger partial charge < -0.3 is 10.0 Å². The minimum absolute atomic E-state index is 0.268. The van der Waals surface area contributed by atoms with E-state index in [9.17, 15) is 4.79 Å². The van der Waals surface area contributed by atoms with Crippen LogP contribution >= 0.6 is 11.6 Å². The molecule has 1 aliphatic heterocycles. The van der Waals surface area contributed by atoms with Crippen LogP contribution in [-0.2, 0) is 0 Å². The standard InChI is InChI=1S/C14H16ClNO2/c15-11-5-10(13(17)18)6-12(7-11)16-8-14(9-16)3-1-2-4-14/h5-7H,1-4,8-9H2,(H,17,18). The summed E-state index contributed by atoms with van der Waals surface area (Å²) < 4.78 is 0. The Hall–Kier alpha value is -1.22. The molecular formula is C14H16ClNO2. The van der Waals surface area contributed by atoms with Crippen molar-refractivity contribution in [2.45, 2.75) is 25.7 Å². The third-order valence-corrected chi connectivity index (χ3v) is 4.43. The van der Waals surface area contributed by atoms with Gasteiger partial charge in [0, 0.05) is 29.2 Å². The molecule has 1 saturated heterocycles. The van der Waals surface area contributed by atoms with Gasteiger partial charge in [0.25, 0.3) is 0 Å². The summed E-state index contributed by atoms with van der Waals surface area (Å²) in [6.07, 6.45) is 5.30. The highest BCUT2D eigenvalue weighted by atomic mass is 35.5. The molecule has 4 heteroatoms. The average Bonchev–Trinajstić information content (AvgIpc) is 2.75. The van der Waals surface area contributed by atoms with Crippen LogP contribution in [0.1, 0.15) is 36.0 Å². The molecule has 0 aromatic heterocycles. The SMILES string of the molecule is O=C(O)c1cc(Cl)cc(N2CC3(CCCC3)C2)c1. The van der Waals surface area contributed by atoms with Gasteiger partial charge in [-0.3, -0.25) is 0 Å². The number of benzene rings is 1. The summed E-state index contributed by atoms with van der Waals surface area (Å²) in [5.41, 5.74) is 1.72. The first-order valence-electron chi connectivity index (χ1n) is 6.37. The molecule has 2 fully saturated rings. The van der Waals surface area contributed by atoms with Crippen LogP contribution in [0, 0.1) is 5.41 Å². The molecule has 1 aliphatic carbocycles. The lowest BCUT2D eigenvalue weighted by Gasteiger charge is -2.50. The van der Waals surface area contributed by atoms with E-state index in [1.807, 2.05) is 6.07 Å². The molecule has 0 amide bonds. The third kappa shape index (κ3) is 1.97. The zero-order valence-electron chi connectivity index (χ0n) is 10.2. The number of anilines is 1. The summed E-state index contributed by atoms with van der Waals surface area (Å²) in [6, 6.07) is 5.07. The highest BCUT2D eigenvalue weighted by Crippen LogP contribution is 2.47. The molecule has 1 N–H and O–H groups in total. The first-order chi connectivity index (χ1) is 8.58. The van der Waals surface area contributed by atoms with Gasteiger partial charge >= 0.3 is 5.97 Å². The van der Waals surface area contributed by atoms with Crippen molar-refractivity contribution < 1.29 is 9.90 Å². The molecule has 0 bridgehead atoms. The summed E-state index contributed by atoms with van der Waals surface area (Å²) in [5.74, 6) is -0.921. The molecule has 1 heterocycles. The van der Waals surface area contributed by atoms with Gasteiger partial charge in [-0.05, 0) is 31.0 Å². The van der Waals surface area contributed by atoms with E-state index in [-0.39, 0.29) is 5.56 Å². The summed E-state index contributed by atoms with van der Waals surface area (Å²) in [5, 5.41) is 9.53. The van der Waals surface area contributed by atoms with Crippen molar-refractivity contribution >= 4 is 23.3 Å². The molecule has 96 valence electrons. The van der Waals surface area contributed by atoms with Crippen LogP contribution in [0.15, 0.2) is 18.2 Å². The molecule has 1 spiro atoms. The van der Waals surface area contributed by atoms with Gasteiger partial charge in [0.1, 0.15) is 0 Å². The zero-order chi connectivity index (χ0) is 12.8. The molecule has 18 heavy (non-hydrogen) atoms. The Bertz CT molecular complexity index is 487. The van der Waals surface area contributed by atoms with E-state index in [2.05, 4.69) is 4.90 Å². The Labute approximate surface area is 111 Å². The topological polar surface area (TPSA) is 40.5 Å². The fourth-order valence-corrected chi connectivity index (χ4v) is 3.50. The summed E-state index contributed by atoms with van der Waals surface area (Å²) >= 11 is 5.98. The van der Waals surface area contributed by atoms with E-state index in [4.69, 9.17) is 16.7 Å². The number of nitrogens with zero attached hydrogens (tertiary/aromatic N) is 1. The predicted molar refractivity (Wildman–Crippen MR) is 71.5 cm³/mol. The maximum absolute atomic E-state index is 11.0. The molecular weight excluding hydrogens is 250 g/mol. The normalized spacial score (nSPS) is 21.1. The summed E-state index contributed by atoms with van der Waals surface area (Å²) in [4.78, 5) is 13.2. The lowest BCUT2D eigenvalue weighted by molar-refractivity contribution is 0.0697. The lowest BCUT2D eigenvalue weighted by Crippen LogP contribution is -2.55. The number of rotatable bonds is 2. The van der Waals surface area contributed by atoms with Crippen molar-refractivity contribution in [3.63, 3.8) is 0 Å². The number of carboxylic acids is 1. The molecule has 1 aromatic carbocycles. The largest absolute Gasteiger partial charge is 0.478 e. The zero-order valence-corrected chi connectivity index (χ0v) is 10.9. The quantitative estimate of drug-likeness (QED) is 0.891. The number of carboxylic acid groups (broad SMARTS) is 1. The Morgan fingerprint density at radius 3 is 2.50 bits per heavy atom. The van der Waals surface area contributed by atoms with Crippen LogP contribution in [0.2, 0.25) is 5.02 Å². The number of halogens is 1. The number of hydrogen-bond donors (Lipinski definition) is 1.